The minimum atomic E-state index is -0.661. The zero-order chi connectivity index (χ0) is 15.5. The van der Waals surface area contributed by atoms with Gasteiger partial charge in [-0.25, -0.2) is 0 Å². The molecule has 0 aliphatic rings. The van der Waals surface area contributed by atoms with Gasteiger partial charge in [0.05, 0.1) is 6.04 Å². The van der Waals surface area contributed by atoms with Crippen LogP contribution in [0.4, 0.5) is 0 Å². The zero-order valence-corrected chi connectivity index (χ0v) is 12.6. The van der Waals surface area contributed by atoms with Crippen molar-refractivity contribution in [1.82, 2.24) is 4.90 Å². The topological polar surface area (TPSA) is 86.8 Å². The van der Waals surface area contributed by atoms with Crippen molar-refractivity contribution in [2.75, 3.05) is 13.6 Å². The van der Waals surface area contributed by atoms with Gasteiger partial charge in [0.15, 0.2) is 11.5 Å². The summed E-state index contributed by atoms with van der Waals surface area (Å²) in [6.45, 7) is 6.79. The Kier molecular flexibility index (Phi) is 5.00. The molecule has 1 rings (SSSR count). The van der Waals surface area contributed by atoms with E-state index < -0.39 is 6.04 Å². The van der Waals surface area contributed by atoms with Crippen LogP contribution in [0.15, 0.2) is 18.2 Å². The number of phenols is 2. The molecule has 0 aliphatic heterocycles. The van der Waals surface area contributed by atoms with E-state index in [1.54, 1.807) is 18.0 Å². The second kappa shape index (κ2) is 6.13. The average molecular weight is 280 g/mol. The number of benzene rings is 1. The fourth-order valence-electron chi connectivity index (χ4n) is 2.11. The molecule has 4 N–H and O–H groups in total. The van der Waals surface area contributed by atoms with Gasteiger partial charge in [0.1, 0.15) is 0 Å². The Morgan fingerprint density at radius 3 is 2.40 bits per heavy atom. The number of amides is 1. The molecule has 0 aromatic heterocycles. The van der Waals surface area contributed by atoms with Crippen molar-refractivity contribution < 1.29 is 15.0 Å². The SMILES string of the molecule is CN(CC(C)(C)C)C(=O)[C@@H](N)Cc1ccc(O)c(O)c1. The second-order valence-corrected chi connectivity index (χ2v) is 6.39. The molecule has 1 aromatic rings. The van der Waals surface area contributed by atoms with Crippen LogP contribution >= 0.6 is 0 Å². The van der Waals surface area contributed by atoms with E-state index in [4.69, 9.17) is 5.73 Å². The van der Waals surface area contributed by atoms with Crippen LogP contribution in [0.3, 0.4) is 0 Å². The van der Waals surface area contributed by atoms with E-state index in [1.165, 1.54) is 12.1 Å². The van der Waals surface area contributed by atoms with Crippen LogP contribution in [-0.2, 0) is 11.2 Å². The third kappa shape index (κ3) is 4.74. The Balaban J connectivity index is 2.68. The van der Waals surface area contributed by atoms with Gasteiger partial charge in [0.25, 0.3) is 0 Å². The van der Waals surface area contributed by atoms with Gasteiger partial charge in [-0.2, -0.15) is 0 Å². The smallest absolute Gasteiger partial charge is 0.239 e. The fraction of sp³-hybridized carbons (Fsp3) is 0.533. The number of phenolic OH excluding ortho intramolecular Hbond substituents is 2. The second-order valence-electron chi connectivity index (χ2n) is 6.39. The first-order valence-electron chi connectivity index (χ1n) is 6.61. The molecular weight excluding hydrogens is 256 g/mol. The summed E-state index contributed by atoms with van der Waals surface area (Å²) in [6.07, 6.45) is 0.321. The summed E-state index contributed by atoms with van der Waals surface area (Å²) in [5.41, 5.74) is 6.65. The lowest BCUT2D eigenvalue weighted by molar-refractivity contribution is -0.132. The molecule has 1 atom stereocenters. The number of aromatic hydroxyl groups is 2. The molecule has 1 aromatic carbocycles. The van der Waals surface area contributed by atoms with Crippen LogP contribution in [0.2, 0.25) is 0 Å². The number of likely N-dealkylation sites (N-methyl/N-ethyl adjacent to an activating group) is 1. The Morgan fingerprint density at radius 1 is 1.30 bits per heavy atom. The van der Waals surface area contributed by atoms with E-state index >= 15 is 0 Å². The van der Waals surface area contributed by atoms with Gasteiger partial charge in [-0.1, -0.05) is 26.8 Å². The van der Waals surface area contributed by atoms with Crippen LogP contribution in [-0.4, -0.2) is 40.7 Å². The molecular formula is C15H24N2O3. The third-order valence-corrected chi connectivity index (χ3v) is 2.90. The summed E-state index contributed by atoms with van der Waals surface area (Å²) in [5.74, 6) is -0.517. The van der Waals surface area contributed by atoms with Gasteiger partial charge in [0.2, 0.25) is 5.91 Å². The van der Waals surface area contributed by atoms with E-state index in [2.05, 4.69) is 20.8 Å². The first kappa shape index (κ1) is 16.3. The quantitative estimate of drug-likeness (QED) is 0.729. The summed E-state index contributed by atoms with van der Waals surface area (Å²) in [4.78, 5) is 13.8. The number of carbonyl (C=O) groups excluding carboxylic acids is 1. The van der Waals surface area contributed by atoms with E-state index in [-0.39, 0.29) is 22.8 Å². The van der Waals surface area contributed by atoms with Gasteiger partial charge in [-0.05, 0) is 29.5 Å². The van der Waals surface area contributed by atoms with Crippen molar-refractivity contribution >= 4 is 5.91 Å². The molecule has 20 heavy (non-hydrogen) atoms. The first-order valence-corrected chi connectivity index (χ1v) is 6.61. The Labute approximate surface area is 120 Å². The monoisotopic (exact) mass is 280 g/mol. The van der Waals surface area contributed by atoms with E-state index in [9.17, 15) is 15.0 Å². The predicted octanol–water partition coefficient (Wildman–Crippen LogP) is 1.47. The standard InChI is InChI=1S/C15H24N2O3/c1-15(2,3)9-17(4)14(20)11(16)7-10-5-6-12(18)13(19)8-10/h5-6,8,11,18-19H,7,9,16H2,1-4H3/t11-/m0/s1. The van der Waals surface area contributed by atoms with Gasteiger partial charge >= 0.3 is 0 Å². The summed E-state index contributed by atoms with van der Waals surface area (Å²) in [5, 5.41) is 18.7. The maximum Gasteiger partial charge on any atom is 0.239 e. The van der Waals surface area contributed by atoms with Gasteiger partial charge in [-0.3, -0.25) is 4.79 Å². The van der Waals surface area contributed by atoms with E-state index in [0.717, 1.165) is 0 Å². The minimum Gasteiger partial charge on any atom is -0.504 e. The maximum absolute atomic E-state index is 12.2. The van der Waals surface area contributed by atoms with Crippen molar-refractivity contribution in [2.45, 2.75) is 33.2 Å². The summed E-state index contributed by atoms with van der Waals surface area (Å²) < 4.78 is 0. The highest BCUT2D eigenvalue weighted by Gasteiger charge is 2.22. The number of nitrogens with two attached hydrogens (primary N) is 1. The van der Waals surface area contributed by atoms with Crippen molar-refractivity contribution in [2.24, 2.45) is 11.1 Å². The van der Waals surface area contributed by atoms with Crippen molar-refractivity contribution in [3.05, 3.63) is 23.8 Å². The zero-order valence-electron chi connectivity index (χ0n) is 12.6. The molecule has 0 unspecified atom stereocenters. The molecule has 0 saturated heterocycles. The molecule has 5 heteroatoms. The molecule has 0 radical (unpaired) electrons. The molecule has 1 amide bonds. The number of hydrogen-bond donors (Lipinski definition) is 3. The normalized spacial score (nSPS) is 13.1. The lowest BCUT2D eigenvalue weighted by Gasteiger charge is -2.28. The molecule has 0 heterocycles. The van der Waals surface area contributed by atoms with Gasteiger partial charge in [0, 0.05) is 13.6 Å². The van der Waals surface area contributed by atoms with Crippen LogP contribution < -0.4 is 5.73 Å². The molecule has 0 spiro atoms. The third-order valence-electron chi connectivity index (χ3n) is 2.90. The number of carbonyl (C=O) groups is 1. The van der Waals surface area contributed by atoms with Gasteiger partial charge < -0.3 is 20.8 Å². The lowest BCUT2D eigenvalue weighted by atomic mass is 9.95. The molecule has 5 nitrogen and oxygen atoms in total. The number of hydrogen-bond acceptors (Lipinski definition) is 4. The van der Waals surface area contributed by atoms with Crippen molar-refractivity contribution in [3.63, 3.8) is 0 Å². The Morgan fingerprint density at radius 2 is 1.90 bits per heavy atom. The molecule has 0 bridgehead atoms. The van der Waals surface area contributed by atoms with E-state index in [1.807, 2.05) is 0 Å². The molecule has 0 fully saturated rings. The largest absolute Gasteiger partial charge is 0.504 e. The summed E-state index contributed by atoms with van der Waals surface area (Å²) in [7, 11) is 1.74. The van der Waals surface area contributed by atoms with E-state index in [0.29, 0.717) is 18.5 Å². The van der Waals surface area contributed by atoms with Crippen LogP contribution in [0.1, 0.15) is 26.3 Å². The highest BCUT2D eigenvalue weighted by Crippen LogP contribution is 2.25. The fourth-order valence-corrected chi connectivity index (χ4v) is 2.11. The minimum absolute atomic E-state index is 0.0148. The highest BCUT2D eigenvalue weighted by atomic mass is 16.3. The van der Waals surface area contributed by atoms with Crippen LogP contribution in [0.5, 0.6) is 11.5 Å². The average Bonchev–Trinajstić information content (AvgIpc) is 2.30. The van der Waals surface area contributed by atoms with Crippen molar-refractivity contribution in [3.8, 4) is 11.5 Å². The van der Waals surface area contributed by atoms with Gasteiger partial charge in [-0.15, -0.1) is 0 Å². The first-order chi connectivity index (χ1) is 9.10. The Bertz CT molecular complexity index is 480. The lowest BCUT2D eigenvalue weighted by Crippen LogP contribution is -2.45. The van der Waals surface area contributed by atoms with Crippen molar-refractivity contribution in [1.29, 1.82) is 0 Å². The van der Waals surface area contributed by atoms with Crippen LogP contribution in [0, 0.1) is 5.41 Å². The molecule has 0 saturated carbocycles. The number of rotatable bonds is 4. The maximum atomic E-state index is 12.2. The van der Waals surface area contributed by atoms with Crippen LogP contribution in [0.25, 0.3) is 0 Å². The number of nitrogens with zero attached hydrogens (tertiary/aromatic N) is 1. The summed E-state index contributed by atoms with van der Waals surface area (Å²) >= 11 is 0. The predicted molar refractivity (Wildman–Crippen MR) is 78.5 cm³/mol. The molecule has 0 aliphatic carbocycles. The summed E-state index contributed by atoms with van der Waals surface area (Å²) in [6, 6.07) is 3.80. The Hall–Kier alpha value is -1.75. The highest BCUT2D eigenvalue weighted by molar-refractivity contribution is 5.81. The molecule has 112 valence electrons.